The van der Waals surface area contributed by atoms with Gasteiger partial charge in [-0.2, -0.15) is 0 Å². The van der Waals surface area contributed by atoms with Crippen molar-refractivity contribution in [1.29, 1.82) is 0 Å². The lowest BCUT2D eigenvalue weighted by Crippen LogP contribution is -2.37. The third kappa shape index (κ3) is 2.71. The molecular weight excluding hydrogens is 265 g/mol. The van der Waals surface area contributed by atoms with Gasteiger partial charge in [0.05, 0.1) is 5.69 Å². The minimum absolute atomic E-state index is 0.743. The summed E-state index contributed by atoms with van der Waals surface area (Å²) in [6, 6.07) is 6.21. The molecule has 0 saturated carbocycles. The molecule has 2 heteroatoms. The predicted octanol–water partition coefficient (Wildman–Crippen LogP) is 5.31. The lowest BCUT2D eigenvalue weighted by Gasteiger charge is -2.42. The van der Waals surface area contributed by atoms with Gasteiger partial charge in [0.25, 0.3) is 0 Å². The molecule has 0 N–H and O–H groups in total. The zero-order chi connectivity index (χ0) is 14.8. The summed E-state index contributed by atoms with van der Waals surface area (Å²) >= 11 is 0. The molecule has 0 amide bonds. The molecule has 2 saturated heterocycles. The van der Waals surface area contributed by atoms with E-state index in [1.165, 1.54) is 49.6 Å². The first-order valence-corrected chi connectivity index (χ1v) is 8.76. The van der Waals surface area contributed by atoms with Gasteiger partial charge < -0.3 is 0 Å². The number of rotatable bonds is 3. The van der Waals surface area contributed by atoms with E-state index in [2.05, 4.69) is 47.8 Å². The van der Waals surface area contributed by atoms with E-state index in [9.17, 15) is 0 Å². The van der Waals surface area contributed by atoms with Crippen molar-refractivity contribution in [3.05, 3.63) is 65.8 Å². The topological polar surface area (TPSA) is 12.9 Å². The van der Waals surface area contributed by atoms with Crippen molar-refractivity contribution < 1.29 is 0 Å². The van der Waals surface area contributed by atoms with E-state index in [0.29, 0.717) is 0 Å². The van der Waals surface area contributed by atoms with Crippen LogP contribution in [0.5, 0.6) is 0 Å². The molecule has 0 aromatic carbocycles. The zero-order valence-electron chi connectivity index (χ0n) is 13.1. The van der Waals surface area contributed by atoms with Crippen LogP contribution in [0.2, 0.25) is 11.6 Å². The Labute approximate surface area is 134 Å². The first-order valence-electron chi connectivity index (χ1n) is 8.76. The van der Waals surface area contributed by atoms with Crippen LogP contribution in [0.3, 0.4) is 0 Å². The SMILES string of the molecule is [CH]1C=CC(/C(=C/c2ccccn2)B2C3CCCC2CCC3)=C1. The van der Waals surface area contributed by atoms with Crippen LogP contribution in [0.1, 0.15) is 44.2 Å². The van der Waals surface area contributed by atoms with Crippen LogP contribution in [0.4, 0.5) is 0 Å². The Hall–Kier alpha value is -1.57. The van der Waals surface area contributed by atoms with Crippen LogP contribution in [0.15, 0.2) is 53.7 Å². The third-order valence-corrected chi connectivity index (χ3v) is 5.66. The molecule has 1 aliphatic carbocycles. The van der Waals surface area contributed by atoms with Gasteiger partial charge in [0.15, 0.2) is 6.71 Å². The summed E-state index contributed by atoms with van der Waals surface area (Å²) in [7, 11) is 0. The molecule has 1 aromatic rings. The maximum atomic E-state index is 4.54. The van der Waals surface area contributed by atoms with Gasteiger partial charge in [-0.3, -0.25) is 4.98 Å². The second kappa shape index (κ2) is 6.28. The highest BCUT2D eigenvalue weighted by molar-refractivity contribution is 6.72. The highest BCUT2D eigenvalue weighted by Crippen LogP contribution is 2.50. The fourth-order valence-corrected chi connectivity index (χ4v) is 4.74. The number of nitrogens with zero attached hydrogens (tertiary/aromatic N) is 1. The van der Waals surface area contributed by atoms with Crippen LogP contribution >= 0.6 is 0 Å². The Morgan fingerprint density at radius 3 is 2.45 bits per heavy atom. The van der Waals surface area contributed by atoms with Crippen molar-refractivity contribution in [1.82, 2.24) is 4.98 Å². The molecule has 0 spiro atoms. The lowest BCUT2D eigenvalue weighted by molar-refractivity contribution is 0.446. The fraction of sp³-hybridized carbons (Fsp3) is 0.400. The Morgan fingerprint density at radius 1 is 1.09 bits per heavy atom. The van der Waals surface area contributed by atoms with Gasteiger partial charge in [0.1, 0.15) is 0 Å². The molecule has 111 valence electrons. The highest BCUT2D eigenvalue weighted by Gasteiger charge is 2.41. The molecular formula is C20H23BN. The van der Waals surface area contributed by atoms with E-state index in [4.69, 9.17) is 0 Å². The van der Waals surface area contributed by atoms with E-state index >= 15 is 0 Å². The smallest absolute Gasteiger partial charge is 0.183 e. The Balaban J connectivity index is 1.74. The standard InChI is InChI=1S/C20H23BN/c1-2-8-16(7-1)20(15-19-13-3-4-14-22-19)21-17-9-5-10-18(21)12-6-11-17/h1-4,7-8,13-15,17-18H,5-6,9-12H2/b20-15-. The number of aromatic nitrogens is 1. The van der Waals surface area contributed by atoms with E-state index in [0.717, 1.165) is 24.0 Å². The van der Waals surface area contributed by atoms with Crippen LogP contribution in [0.25, 0.3) is 6.08 Å². The molecule has 4 rings (SSSR count). The molecule has 0 atom stereocenters. The largest absolute Gasteiger partial charge is 0.257 e. The molecule has 1 nitrogen and oxygen atoms in total. The third-order valence-electron chi connectivity index (χ3n) is 5.66. The van der Waals surface area contributed by atoms with Crippen molar-refractivity contribution in [3.8, 4) is 0 Å². The average Bonchev–Trinajstić information content (AvgIpc) is 3.07. The molecule has 22 heavy (non-hydrogen) atoms. The first-order chi connectivity index (χ1) is 10.9. The van der Waals surface area contributed by atoms with Crippen LogP contribution in [-0.2, 0) is 0 Å². The van der Waals surface area contributed by atoms with Gasteiger partial charge in [-0.15, -0.1) is 0 Å². The van der Waals surface area contributed by atoms with Gasteiger partial charge in [-0.05, 0) is 23.8 Å². The van der Waals surface area contributed by atoms with Crippen LogP contribution < -0.4 is 0 Å². The Bertz CT molecular complexity index is 592. The quantitative estimate of drug-likeness (QED) is 0.687. The van der Waals surface area contributed by atoms with Gasteiger partial charge in [-0.25, -0.2) is 0 Å². The highest BCUT2D eigenvalue weighted by atomic mass is 14.6. The fourth-order valence-electron chi connectivity index (χ4n) is 4.74. The first kappa shape index (κ1) is 14.1. The maximum absolute atomic E-state index is 4.54. The molecule has 2 aliphatic heterocycles. The van der Waals surface area contributed by atoms with Crippen LogP contribution in [0, 0.1) is 6.42 Å². The molecule has 1 aromatic heterocycles. The second-order valence-electron chi connectivity index (χ2n) is 6.94. The van der Waals surface area contributed by atoms with E-state index in [1.807, 2.05) is 12.3 Å². The van der Waals surface area contributed by atoms with Crippen molar-refractivity contribution in [3.63, 3.8) is 0 Å². The molecule has 2 fully saturated rings. The average molecular weight is 288 g/mol. The Kier molecular flexibility index (Phi) is 4.01. The van der Waals surface area contributed by atoms with Crippen molar-refractivity contribution >= 4 is 12.8 Å². The summed E-state index contributed by atoms with van der Waals surface area (Å²) in [5, 5.41) is 0. The van der Waals surface area contributed by atoms with E-state index < -0.39 is 0 Å². The minimum Gasteiger partial charge on any atom is -0.257 e. The molecule has 0 unspecified atom stereocenters. The van der Waals surface area contributed by atoms with Gasteiger partial charge in [0.2, 0.25) is 0 Å². The van der Waals surface area contributed by atoms with Crippen LogP contribution in [-0.4, -0.2) is 11.7 Å². The van der Waals surface area contributed by atoms with E-state index in [1.54, 1.807) is 0 Å². The number of fused-ring (bicyclic) bond motifs is 2. The summed E-state index contributed by atoms with van der Waals surface area (Å²) in [4.78, 5) is 4.54. The summed E-state index contributed by atoms with van der Waals surface area (Å²) < 4.78 is 0. The monoisotopic (exact) mass is 288 g/mol. The molecule has 3 aliphatic rings. The number of hydrogen-bond donors (Lipinski definition) is 0. The van der Waals surface area contributed by atoms with Crippen molar-refractivity contribution in [2.45, 2.75) is 50.2 Å². The maximum Gasteiger partial charge on any atom is 0.183 e. The number of hydrogen-bond acceptors (Lipinski definition) is 1. The molecule has 2 bridgehead atoms. The minimum atomic E-state index is 0.743. The molecule has 1 radical (unpaired) electrons. The van der Waals surface area contributed by atoms with Gasteiger partial charge in [-0.1, -0.05) is 79.9 Å². The normalized spacial score (nSPS) is 27.9. The zero-order valence-corrected chi connectivity index (χ0v) is 13.1. The summed E-state index contributed by atoms with van der Waals surface area (Å²) in [6.07, 6.45) is 21.7. The van der Waals surface area contributed by atoms with Gasteiger partial charge in [0, 0.05) is 12.6 Å². The predicted molar refractivity (Wildman–Crippen MR) is 94.7 cm³/mol. The van der Waals surface area contributed by atoms with Gasteiger partial charge >= 0.3 is 0 Å². The summed E-state index contributed by atoms with van der Waals surface area (Å²) in [6.45, 7) is 0.743. The number of allylic oxidation sites excluding steroid dienone is 5. The van der Waals surface area contributed by atoms with E-state index in [-0.39, 0.29) is 0 Å². The Morgan fingerprint density at radius 2 is 1.86 bits per heavy atom. The molecule has 3 heterocycles. The lowest BCUT2D eigenvalue weighted by atomic mass is 9.23. The summed E-state index contributed by atoms with van der Waals surface area (Å²) in [5.74, 6) is 1.77. The number of pyridine rings is 1. The van der Waals surface area contributed by atoms with Crippen molar-refractivity contribution in [2.75, 3.05) is 0 Å². The second-order valence-corrected chi connectivity index (χ2v) is 6.94. The van der Waals surface area contributed by atoms with Crippen molar-refractivity contribution in [2.24, 2.45) is 0 Å². The summed E-state index contributed by atoms with van der Waals surface area (Å²) in [5.41, 5.74) is 4.05.